The lowest BCUT2D eigenvalue weighted by Crippen LogP contribution is -2.21. The molecular weight excluding hydrogens is 358 g/mol. The predicted octanol–water partition coefficient (Wildman–Crippen LogP) is 4.24. The lowest BCUT2D eigenvalue weighted by atomic mass is 10.1. The number of benzene rings is 2. The number of carbonyl (C=O) groups excluding carboxylic acids is 1. The van der Waals surface area contributed by atoms with Gasteiger partial charge in [0.25, 0.3) is 5.91 Å². The number of nitrogens with one attached hydrogen (secondary N) is 1. The minimum Gasteiger partial charge on any atom is -0.494 e. The van der Waals surface area contributed by atoms with E-state index in [1.54, 1.807) is 0 Å². The molecule has 0 unspecified atom stereocenters. The van der Waals surface area contributed by atoms with E-state index in [2.05, 4.69) is 22.6 Å². The Balaban J connectivity index is 1.60. The van der Waals surface area contributed by atoms with Gasteiger partial charge in [-0.15, -0.1) is 0 Å². The maximum atomic E-state index is 12.2. The third-order valence-electron chi connectivity index (χ3n) is 4.09. The predicted molar refractivity (Wildman–Crippen MR) is 105 cm³/mol. The minimum atomic E-state index is -0.347. The quantitative estimate of drug-likeness (QED) is 0.558. The molecule has 146 valence electrons. The van der Waals surface area contributed by atoms with Crippen LogP contribution in [-0.2, 0) is 4.79 Å². The van der Waals surface area contributed by atoms with Crippen molar-refractivity contribution < 1.29 is 18.9 Å². The number of anilines is 1. The van der Waals surface area contributed by atoms with Gasteiger partial charge in [0, 0.05) is 5.56 Å². The number of aromatic nitrogens is 2. The van der Waals surface area contributed by atoms with Crippen LogP contribution in [0.5, 0.6) is 11.5 Å². The maximum absolute atomic E-state index is 12.2. The van der Waals surface area contributed by atoms with Crippen molar-refractivity contribution in [2.75, 3.05) is 18.5 Å². The lowest BCUT2D eigenvalue weighted by molar-refractivity contribution is -0.118. The van der Waals surface area contributed by atoms with Crippen molar-refractivity contribution in [2.24, 2.45) is 0 Å². The topological polar surface area (TPSA) is 86.5 Å². The summed E-state index contributed by atoms with van der Waals surface area (Å²) in [6, 6.07) is 14.9. The van der Waals surface area contributed by atoms with E-state index in [1.807, 2.05) is 55.5 Å². The molecule has 0 aliphatic carbocycles. The summed E-state index contributed by atoms with van der Waals surface area (Å²) in [7, 11) is 0. The van der Waals surface area contributed by atoms with Crippen LogP contribution in [0.15, 0.2) is 53.2 Å². The first-order valence-corrected chi connectivity index (χ1v) is 9.21. The Labute approximate surface area is 163 Å². The SMILES string of the molecule is CCCCOc1ccc(-c2nonc2NC(=O)COc2ccccc2C)cc1. The van der Waals surface area contributed by atoms with E-state index in [4.69, 9.17) is 14.1 Å². The van der Waals surface area contributed by atoms with E-state index in [0.717, 1.165) is 29.7 Å². The van der Waals surface area contributed by atoms with E-state index in [-0.39, 0.29) is 18.3 Å². The van der Waals surface area contributed by atoms with Gasteiger partial charge >= 0.3 is 0 Å². The van der Waals surface area contributed by atoms with Gasteiger partial charge in [-0.1, -0.05) is 31.5 Å². The molecule has 2 aromatic carbocycles. The summed E-state index contributed by atoms with van der Waals surface area (Å²) in [6.07, 6.45) is 2.09. The van der Waals surface area contributed by atoms with E-state index in [1.165, 1.54) is 0 Å². The molecule has 0 spiro atoms. The molecule has 1 amide bonds. The van der Waals surface area contributed by atoms with Crippen LogP contribution in [0, 0.1) is 6.92 Å². The fraction of sp³-hybridized carbons (Fsp3) is 0.286. The number of rotatable bonds is 9. The Hall–Kier alpha value is -3.35. The normalized spacial score (nSPS) is 10.5. The highest BCUT2D eigenvalue weighted by molar-refractivity contribution is 5.94. The zero-order valence-corrected chi connectivity index (χ0v) is 16.0. The molecular formula is C21H23N3O4. The number of carbonyl (C=O) groups is 1. The fourth-order valence-electron chi connectivity index (χ4n) is 2.53. The average molecular weight is 381 g/mol. The Morgan fingerprint density at radius 3 is 2.61 bits per heavy atom. The van der Waals surface area contributed by atoms with Crippen molar-refractivity contribution in [2.45, 2.75) is 26.7 Å². The van der Waals surface area contributed by atoms with Gasteiger partial charge in [0.15, 0.2) is 12.3 Å². The zero-order chi connectivity index (χ0) is 19.8. The third kappa shape index (κ3) is 5.09. The van der Waals surface area contributed by atoms with Crippen molar-refractivity contribution in [3.8, 4) is 22.8 Å². The van der Waals surface area contributed by atoms with Gasteiger partial charge in [-0.2, -0.15) is 0 Å². The standard InChI is InChI=1S/C21H23N3O4/c1-3-4-13-26-17-11-9-16(10-12-17)20-21(24-28-23-20)22-19(25)14-27-18-8-6-5-7-15(18)2/h5-12H,3-4,13-14H2,1-2H3,(H,22,24,25). The summed E-state index contributed by atoms with van der Waals surface area (Å²) >= 11 is 0. The summed E-state index contributed by atoms with van der Waals surface area (Å²) in [5.41, 5.74) is 2.17. The minimum absolute atomic E-state index is 0.138. The number of ether oxygens (including phenoxy) is 2. The summed E-state index contributed by atoms with van der Waals surface area (Å²) < 4.78 is 16.0. The Morgan fingerprint density at radius 1 is 1.07 bits per heavy atom. The fourth-order valence-corrected chi connectivity index (χ4v) is 2.53. The van der Waals surface area contributed by atoms with E-state index in [9.17, 15) is 4.79 Å². The Bertz CT molecular complexity index is 906. The van der Waals surface area contributed by atoms with Gasteiger partial charge in [-0.25, -0.2) is 4.63 Å². The number of hydrogen-bond donors (Lipinski definition) is 1. The number of amides is 1. The first-order valence-electron chi connectivity index (χ1n) is 9.21. The molecule has 0 saturated carbocycles. The van der Waals surface area contributed by atoms with Gasteiger partial charge in [0.05, 0.1) is 6.61 Å². The van der Waals surface area contributed by atoms with Crippen LogP contribution in [0.4, 0.5) is 5.82 Å². The van der Waals surface area contributed by atoms with Crippen molar-refractivity contribution in [1.82, 2.24) is 10.3 Å². The number of para-hydroxylation sites is 1. The molecule has 0 bridgehead atoms. The van der Waals surface area contributed by atoms with Gasteiger partial charge < -0.3 is 14.8 Å². The molecule has 0 atom stereocenters. The number of hydrogen-bond acceptors (Lipinski definition) is 6. The largest absolute Gasteiger partial charge is 0.494 e. The second-order valence-corrected chi connectivity index (χ2v) is 6.29. The molecule has 1 heterocycles. The molecule has 0 radical (unpaired) electrons. The van der Waals surface area contributed by atoms with Crippen LogP contribution in [0.2, 0.25) is 0 Å². The molecule has 1 N–H and O–H groups in total. The average Bonchev–Trinajstić information content (AvgIpc) is 3.16. The molecule has 7 nitrogen and oxygen atoms in total. The smallest absolute Gasteiger partial charge is 0.263 e. The van der Waals surface area contributed by atoms with E-state index >= 15 is 0 Å². The third-order valence-corrected chi connectivity index (χ3v) is 4.09. The van der Waals surface area contributed by atoms with Crippen LogP contribution in [-0.4, -0.2) is 29.4 Å². The first-order chi connectivity index (χ1) is 13.7. The number of aryl methyl sites for hydroxylation is 1. The highest BCUT2D eigenvalue weighted by atomic mass is 16.6. The van der Waals surface area contributed by atoms with Crippen LogP contribution in [0.3, 0.4) is 0 Å². The van der Waals surface area contributed by atoms with E-state index in [0.29, 0.717) is 18.1 Å². The lowest BCUT2D eigenvalue weighted by Gasteiger charge is -2.08. The molecule has 0 aliphatic rings. The number of nitrogens with zero attached hydrogens (tertiary/aromatic N) is 2. The van der Waals surface area contributed by atoms with E-state index < -0.39 is 0 Å². The first kappa shape index (κ1) is 19.4. The van der Waals surface area contributed by atoms with Crippen molar-refractivity contribution >= 4 is 11.7 Å². The van der Waals surface area contributed by atoms with Gasteiger partial charge in [-0.3, -0.25) is 4.79 Å². The van der Waals surface area contributed by atoms with Crippen LogP contribution in [0.25, 0.3) is 11.3 Å². The summed E-state index contributed by atoms with van der Waals surface area (Å²) in [5.74, 6) is 1.35. The number of unbranched alkanes of at least 4 members (excludes halogenated alkanes) is 1. The molecule has 7 heteroatoms. The monoisotopic (exact) mass is 381 g/mol. The zero-order valence-electron chi connectivity index (χ0n) is 16.0. The molecule has 0 aliphatic heterocycles. The van der Waals surface area contributed by atoms with Crippen LogP contribution in [0.1, 0.15) is 25.3 Å². The summed E-state index contributed by atoms with van der Waals surface area (Å²) in [5, 5.41) is 10.4. The van der Waals surface area contributed by atoms with Gasteiger partial charge in [0.2, 0.25) is 5.82 Å². The second-order valence-electron chi connectivity index (χ2n) is 6.29. The highest BCUT2D eigenvalue weighted by Crippen LogP contribution is 2.26. The highest BCUT2D eigenvalue weighted by Gasteiger charge is 2.16. The van der Waals surface area contributed by atoms with Gasteiger partial charge in [-0.05, 0) is 59.6 Å². The molecule has 28 heavy (non-hydrogen) atoms. The van der Waals surface area contributed by atoms with Crippen molar-refractivity contribution in [1.29, 1.82) is 0 Å². The molecule has 3 rings (SSSR count). The van der Waals surface area contributed by atoms with Gasteiger partial charge in [0.1, 0.15) is 11.5 Å². The summed E-state index contributed by atoms with van der Waals surface area (Å²) in [4.78, 5) is 12.2. The second kappa shape index (κ2) is 9.55. The van der Waals surface area contributed by atoms with Crippen molar-refractivity contribution in [3.05, 3.63) is 54.1 Å². The molecule has 1 aromatic heterocycles. The maximum Gasteiger partial charge on any atom is 0.263 e. The Kier molecular flexibility index (Phi) is 6.62. The summed E-state index contributed by atoms with van der Waals surface area (Å²) in [6.45, 7) is 4.58. The Morgan fingerprint density at radius 2 is 1.86 bits per heavy atom. The molecule has 0 fully saturated rings. The molecule has 0 saturated heterocycles. The van der Waals surface area contributed by atoms with Crippen LogP contribution < -0.4 is 14.8 Å². The molecule has 3 aromatic rings. The van der Waals surface area contributed by atoms with Crippen LogP contribution >= 0.6 is 0 Å². The van der Waals surface area contributed by atoms with Crippen molar-refractivity contribution in [3.63, 3.8) is 0 Å².